The van der Waals surface area contributed by atoms with Gasteiger partial charge in [-0.25, -0.2) is 0 Å². The zero-order valence-electron chi connectivity index (χ0n) is 13.5. The molecule has 0 amide bonds. The molecule has 2 aromatic rings. The summed E-state index contributed by atoms with van der Waals surface area (Å²) in [5.74, 6) is 0. The zero-order valence-corrected chi connectivity index (χ0v) is 14.2. The molecule has 0 N–H and O–H groups in total. The van der Waals surface area contributed by atoms with Crippen molar-refractivity contribution < 1.29 is 0 Å². The van der Waals surface area contributed by atoms with E-state index in [1.54, 1.807) is 0 Å². The van der Waals surface area contributed by atoms with Gasteiger partial charge in [0, 0.05) is 37.7 Å². The van der Waals surface area contributed by atoms with Gasteiger partial charge in [0.15, 0.2) is 0 Å². The predicted octanol–water partition coefficient (Wildman–Crippen LogP) is 3.80. The summed E-state index contributed by atoms with van der Waals surface area (Å²) in [5.41, 5.74) is 3.74. The van der Waals surface area contributed by atoms with E-state index in [4.69, 9.17) is 11.6 Å². The molecule has 0 aliphatic carbocycles. The number of aryl methyl sites for hydroxylation is 1. The van der Waals surface area contributed by atoms with Gasteiger partial charge in [-0.1, -0.05) is 53.6 Å². The van der Waals surface area contributed by atoms with Crippen molar-refractivity contribution in [3.05, 3.63) is 70.2 Å². The first-order valence-electron chi connectivity index (χ1n) is 8.01. The number of hydrogen-bond acceptors (Lipinski definition) is 3. The highest BCUT2D eigenvalue weighted by atomic mass is 35.5. The van der Waals surface area contributed by atoms with Crippen LogP contribution in [0.2, 0.25) is 5.02 Å². The molecule has 0 aromatic heterocycles. The van der Waals surface area contributed by atoms with Crippen molar-refractivity contribution in [1.29, 1.82) is 0 Å². The fraction of sp³-hybridized carbons (Fsp3) is 0.316. The van der Waals surface area contributed by atoms with Crippen molar-refractivity contribution in [3.8, 4) is 0 Å². The Morgan fingerprint density at radius 3 is 2.48 bits per heavy atom. The van der Waals surface area contributed by atoms with Gasteiger partial charge in [0.25, 0.3) is 0 Å². The van der Waals surface area contributed by atoms with E-state index in [0.29, 0.717) is 0 Å². The maximum Gasteiger partial charge on any atom is 0.0543 e. The summed E-state index contributed by atoms with van der Waals surface area (Å²) < 4.78 is 0. The highest BCUT2D eigenvalue weighted by Gasteiger charge is 2.15. The second-order valence-electron chi connectivity index (χ2n) is 6.01. The molecular weight excluding hydrogens is 306 g/mol. The Balaban J connectivity index is 1.49. The molecule has 1 heterocycles. The molecule has 0 spiro atoms. The molecule has 2 aromatic carbocycles. The Labute approximate surface area is 143 Å². The summed E-state index contributed by atoms with van der Waals surface area (Å²) >= 11 is 5.99. The van der Waals surface area contributed by atoms with Crippen LogP contribution < -0.4 is 0 Å². The van der Waals surface area contributed by atoms with Gasteiger partial charge < -0.3 is 0 Å². The summed E-state index contributed by atoms with van der Waals surface area (Å²) in [4.78, 5) is 2.48. The number of halogens is 1. The average molecular weight is 328 g/mol. The van der Waals surface area contributed by atoms with Crippen LogP contribution in [-0.2, 0) is 6.54 Å². The van der Waals surface area contributed by atoms with Gasteiger partial charge in [-0.05, 0) is 30.2 Å². The lowest BCUT2D eigenvalue weighted by atomic mass is 10.1. The van der Waals surface area contributed by atoms with Crippen LogP contribution in [0.5, 0.6) is 0 Å². The molecule has 23 heavy (non-hydrogen) atoms. The van der Waals surface area contributed by atoms with Crippen LogP contribution in [0, 0.1) is 6.92 Å². The van der Waals surface area contributed by atoms with Gasteiger partial charge >= 0.3 is 0 Å². The first kappa shape index (κ1) is 16.0. The molecular formula is C19H22ClN3. The van der Waals surface area contributed by atoms with Gasteiger partial charge in [0.05, 0.1) is 6.21 Å². The number of nitrogens with zero attached hydrogens (tertiary/aromatic N) is 3. The Kier molecular flexibility index (Phi) is 5.31. The normalized spacial score (nSPS) is 16.2. The van der Waals surface area contributed by atoms with Crippen molar-refractivity contribution in [1.82, 2.24) is 9.91 Å². The second-order valence-corrected chi connectivity index (χ2v) is 6.45. The minimum atomic E-state index is 0.747. The van der Waals surface area contributed by atoms with Crippen molar-refractivity contribution in [2.75, 3.05) is 26.2 Å². The van der Waals surface area contributed by atoms with Crippen molar-refractivity contribution in [3.63, 3.8) is 0 Å². The fourth-order valence-corrected chi connectivity index (χ4v) is 2.90. The van der Waals surface area contributed by atoms with E-state index in [1.165, 1.54) is 11.1 Å². The molecule has 0 atom stereocenters. The van der Waals surface area contributed by atoms with E-state index in [2.05, 4.69) is 46.2 Å². The standard InChI is InChI=1S/C19H22ClN3/c1-16-5-7-17(8-6-16)15-22-9-11-23(12-10-22)21-14-18-3-2-4-19(20)13-18/h2-8,13-14H,9-12,15H2,1H3/b21-14+. The Hall–Kier alpha value is -1.84. The third-order valence-corrected chi connectivity index (χ3v) is 4.33. The lowest BCUT2D eigenvalue weighted by Crippen LogP contribution is -2.43. The molecule has 0 radical (unpaired) electrons. The van der Waals surface area contributed by atoms with E-state index >= 15 is 0 Å². The molecule has 1 aliphatic rings. The van der Waals surface area contributed by atoms with Gasteiger partial charge in [-0.15, -0.1) is 0 Å². The third kappa shape index (κ3) is 4.81. The summed E-state index contributed by atoms with van der Waals surface area (Å²) in [6, 6.07) is 16.6. The summed E-state index contributed by atoms with van der Waals surface area (Å²) in [6.45, 7) is 7.15. The minimum absolute atomic E-state index is 0.747. The quantitative estimate of drug-likeness (QED) is 0.795. The number of piperazine rings is 1. The molecule has 4 heteroatoms. The highest BCUT2D eigenvalue weighted by Crippen LogP contribution is 2.11. The van der Waals surface area contributed by atoms with Gasteiger partial charge in [-0.2, -0.15) is 5.10 Å². The first-order valence-corrected chi connectivity index (χ1v) is 8.39. The SMILES string of the molecule is Cc1ccc(CN2CCN(/N=C/c3cccc(Cl)c3)CC2)cc1. The molecule has 120 valence electrons. The summed E-state index contributed by atoms with van der Waals surface area (Å²) in [5, 5.41) is 7.45. The first-order chi connectivity index (χ1) is 11.2. The van der Waals surface area contributed by atoms with Crippen LogP contribution in [0.4, 0.5) is 0 Å². The number of rotatable bonds is 4. The van der Waals surface area contributed by atoms with Crippen LogP contribution in [0.1, 0.15) is 16.7 Å². The lowest BCUT2D eigenvalue weighted by Gasteiger charge is -2.33. The van der Waals surface area contributed by atoms with Crippen LogP contribution >= 0.6 is 11.6 Å². The van der Waals surface area contributed by atoms with Crippen LogP contribution in [-0.4, -0.2) is 42.3 Å². The monoisotopic (exact) mass is 327 g/mol. The van der Waals surface area contributed by atoms with Crippen LogP contribution in [0.3, 0.4) is 0 Å². The van der Waals surface area contributed by atoms with Gasteiger partial charge in [-0.3, -0.25) is 9.91 Å². The lowest BCUT2D eigenvalue weighted by molar-refractivity contribution is 0.131. The number of hydrazone groups is 1. The molecule has 0 saturated carbocycles. The largest absolute Gasteiger partial charge is 0.295 e. The summed E-state index contributed by atoms with van der Waals surface area (Å²) in [6.07, 6.45) is 1.89. The molecule has 0 unspecified atom stereocenters. The van der Waals surface area contributed by atoms with Gasteiger partial charge in [0.2, 0.25) is 0 Å². The Bertz CT molecular complexity index is 659. The molecule has 1 aliphatic heterocycles. The Morgan fingerprint density at radius 2 is 1.78 bits per heavy atom. The third-order valence-electron chi connectivity index (χ3n) is 4.09. The van der Waals surface area contributed by atoms with Crippen LogP contribution in [0.15, 0.2) is 53.6 Å². The van der Waals surface area contributed by atoms with E-state index in [9.17, 15) is 0 Å². The molecule has 3 rings (SSSR count). The topological polar surface area (TPSA) is 18.8 Å². The zero-order chi connectivity index (χ0) is 16.1. The van der Waals surface area contributed by atoms with Crippen molar-refractivity contribution >= 4 is 17.8 Å². The second kappa shape index (κ2) is 7.62. The van der Waals surface area contributed by atoms with Gasteiger partial charge in [0.1, 0.15) is 0 Å². The van der Waals surface area contributed by atoms with Crippen molar-refractivity contribution in [2.24, 2.45) is 5.10 Å². The van der Waals surface area contributed by atoms with E-state index in [-0.39, 0.29) is 0 Å². The molecule has 1 fully saturated rings. The minimum Gasteiger partial charge on any atom is -0.295 e. The number of benzene rings is 2. The molecule has 3 nitrogen and oxygen atoms in total. The van der Waals surface area contributed by atoms with E-state index in [1.807, 2.05) is 30.5 Å². The van der Waals surface area contributed by atoms with Crippen molar-refractivity contribution in [2.45, 2.75) is 13.5 Å². The van der Waals surface area contributed by atoms with E-state index in [0.717, 1.165) is 43.3 Å². The maximum absolute atomic E-state index is 5.99. The molecule has 0 bridgehead atoms. The predicted molar refractivity (Wildman–Crippen MR) is 97.1 cm³/mol. The average Bonchev–Trinajstić information content (AvgIpc) is 2.56. The number of hydrogen-bond donors (Lipinski definition) is 0. The Morgan fingerprint density at radius 1 is 1.04 bits per heavy atom. The maximum atomic E-state index is 5.99. The highest BCUT2D eigenvalue weighted by molar-refractivity contribution is 6.30. The fourth-order valence-electron chi connectivity index (χ4n) is 2.70. The smallest absolute Gasteiger partial charge is 0.0543 e. The summed E-state index contributed by atoms with van der Waals surface area (Å²) in [7, 11) is 0. The molecule has 1 saturated heterocycles. The van der Waals surface area contributed by atoms with Crippen LogP contribution in [0.25, 0.3) is 0 Å². The van der Waals surface area contributed by atoms with E-state index < -0.39 is 0 Å².